The minimum Gasteiger partial charge on any atom is -0.361 e. The van der Waals surface area contributed by atoms with E-state index in [4.69, 9.17) is 4.52 Å². The van der Waals surface area contributed by atoms with Crippen molar-refractivity contribution in [2.24, 2.45) is 0 Å². The number of rotatable bonds is 4. The Morgan fingerprint density at radius 2 is 2.18 bits per heavy atom. The van der Waals surface area contributed by atoms with Gasteiger partial charge in [0, 0.05) is 36.2 Å². The smallest absolute Gasteiger partial charge is 0.253 e. The molecule has 1 aliphatic rings. The van der Waals surface area contributed by atoms with Crippen LogP contribution in [0.3, 0.4) is 0 Å². The summed E-state index contributed by atoms with van der Waals surface area (Å²) in [5.74, 6) is 0.742. The summed E-state index contributed by atoms with van der Waals surface area (Å²) in [5.41, 5.74) is 3.25. The number of aromatic nitrogens is 2. The van der Waals surface area contributed by atoms with Crippen LogP contribution < -0.4 is 5.32 Å². The molecule has 1 fully saturated rings. The first kappa shape index (κ1) is 18.3. The molecule has 0 saturated carbocycles. The Hall–Kier alpha value is -3.09. The van der Waals surface area contributed by atoms with Crippen molar-refractivity contribution in [3.05, 3.63) is 53.0 Å². The first-order valence-corrected chi connectivity index (χ1v) is 9.59. The Morgan fingerprint density at radius 1 is 1.32 bits per heavy atom. The average molecular weight is 380 g/mol. The third kappa shape index (κ3) is 3.52. The monoisotopic (exact) mass is 380 g/mol. The largest absolute Gasteiger partial charge is 0.361 e. The van der Waals surface area contributed by atoms with Crippen molar-refractivity contribution in [1.82, 2.24) is 20.4 Å². The summed E-state index contributed by atoms with van der Waals surface area (Å²) in [7, 11) is 0. The van der Waals surface area contributed by atoms with E-state index in [1.165, 1.54) is 0 Å². The van der Waals surface area contributed by atoms with Gasteiger partial charge in [0.15, 0.2) is 0 Å². The maximum atomic E-state index is 12.8. The van der Waals surface area contributed by atoms with Gasteiger partial charge < -0.3 is 19.7 Å². The van der Waals surface area contributed by atoms with Crippen LogP contribution in [0.4, 0.5) is 0 Å². The number of H-pyrrole nitrogens is 1. The van der Waals surface area contributed by atoms with Gasteiger partial charge in [-0.25, -0.2) is 0 Å². The second-order valence-electron chi connectivity index (χ2n) is 7.36. The fourth-order valence-corrected chi connectivity index (χ4v) is 3.80. The van der Waals surface area contributed by atoms with Crippen LogP contribution in [0.25, 0.3) is 10.9 Å². The number of amides is 2. The molecule has 3 heterocycles. The summed E-state index contributed by atoms with van der Waals surface area (Å²) >= 11 is 0. The molecule has 1 saturated heterocycles. The highest BCUT2D eigenvalue weighted by molar-refractivity contribution is 6.05. The van der Waals surface area contributed by atoms with Gasteiger partial charge in [-0.05, 0) is 38.8 Å². The normalized spacial score (nSPS) is 17.7. The van der Waals surface area contributed by atoms with E-state index in [2.05, 4.69) is 15.5 Å². The molecule has 7 heteroatoms. The molecule has 0 radical (unpaired) electrons. The minimum atomic E-state index is -0.107. The van der Waals surface area contributed by atoms with E-state index in [0.29, 0.717) is 31.5 Å². The molecule has 3 aromatic rings. The van der Waals surface area contributed by atoms with Gasteiger partial charge in [-0.2, -0.15) is 0 Å². The number of carbonyl (C=O) groups excluding carboxylic acids is 2. The van der Waals surface area contributed by atoms with Crippen LogP contribution in [0.1, 0.15) is 46.6 Å². The van der Waals surface area contributed by atoms with Crippen molar-refractivity contribution < 1.29 is 14.1 Å². The molecule has 0 bridgehead atoms. The number of fused-ring (bicyclic) bond motifs is 1. The van der Waals surface area contributed by atoms with E-state index >= 15 is 0 Å². The molecule has 1 aliphatic heterocycles. The van der Waals surface area contributed by atoms with E-state index in [1.807, 2.05) is 49.2 Å². The van der Waals surface area contributed by atoms with Crippen LogP contribution in [0.15, 0.2) is 35.0 Å². The van der Waals surface area contributed by atoms with Gasteiger partial charge in [0.1, 0.15) is 5.76 Å². The molecule has 1 atom stereocenters. The molecule has 2 N–H and O–H groups in total. The number of para-hydroxylation sites is 1. The zero-order valence-electron chi connectivity index (χ0n) is 16.1. The second-order valence-corrected chi connectivity index (χ2v) is 7.36. The Labute approximate surface area is 163 Å². The molecule has 0 spiro atoms. The summed E-state index contributed by atoms with van der Waals surface area (Å²) in [4.78, 5) is 30.3. The SMILES string of the molecule is Cc1noc(C)c1CN1CCC(NC(=O)c2cccc3cc[nH]c23)CCC1=O. The molecule has 1 unspecified atom stereocenters. The van der Waals surface area contributed by atoms with Crippen molar-refractivity contribution in [3.63, 3.8) is 0 Å². The van der Waals surface area contributed by atoms with Crippen molar-refractivity contribution in [2.75, 3.05) is 6.54 Å². The van der Waals surface area contributed by atoms with E-state index in [1.54, 1.807) is 0 Å². The quantitative estimate of drug-likeness (QED) is 0.728. The molecule has 4 rings (SSSR count). The van der Waals surface area contributed by atoms with Gasteiger partial charge in [-0.15, -0.1) is 0 Å². The van der Waals surface area contributed by atoms with Crippen LogP contribution in [-0.2, 0) is 11.3 Å². The van der Waals surface area contributed by atoms with E-state index in [0.717, 1.165) is 34.3 Å². The number of likely N-dealkylation sites (tertiary alicyclic amines) is 1. The van der Waals surface area contributed by atoms with Crippen molar-refractivity contribution in [1.29, 1.82) is 0 Å². The highest BCUT2D eigenvalue weighted by Crippen LogP contribution is 2.21. The Kier molecular flexibility index (Phi) is 4.90. The van der Waals surface area contributed by atoms with E-state index in [-0.39, 0.29) is 17.9 Å². The van der Waals surface area contributed by atoms with Crippen molar-refractivity contribution in [2.45, 2.75) is 45.7 Å². The van der Waals surface area contributed by atoms with Crippen molar-refractivity contribution in [3.8, 4) is 0 Å². The number of aromatic amines is 1. The molecular formula is C21H24N4O3. The predicted molar refractivity (Wildman–Crippen MR) is 105 cm³/mol. The molecular weight excluding hydrogens is 356 g/mol. The number of hydrogen-bond donors (Lipinski definition) is 2. The molecule has 2 aromatic heterocycles. The zero-order valence-corrected chi connectivity index (χ0v) is 16.1. The number of nitrogens with zero attached hydrogens (tertiary/aromatic N) is 2. The summed E-state index contributed by atoms with van der Waals surface area (Å²) in [6.45, 7) is 4.85. The van der Waals surface area contributed by atoms with Crippen LogP contribution in [0.2, 0.25) is 0 Å². The van der Waals surface area contributed by atoms with E-state index in [9.17, 15) is 9.59 Å². The van der Waals surface area contributed by atoms with Crippen LogP contribution in [0.5, 0.6) is 0 Å². The molecule has 28 heavy (non-hydrogen) atoms. The van der Waals surface area contributed by atoms with Gasteiger partial charge in [0.2, 0.25) is 5.91 Å². The summed E-state index contributed by atoms with van der Waals surface area (Å²) in [6, 6.07) is 7.59. The topological polar surface area (TPSA) is 91.2 Å². The Balaban J connectivity index is 1.43. The molecule has 1 aromatic carbocycles. The minimum absolute atomic E-state index is 0.0312. The summed E-state index contributed by atoms with van der Waals surface area (Å²) in [6.07, 6.45) is 3.62. The first-order valence-electron chi connectivity index (χ1n) is 9.59. The lowest BCUT2D eigenvalue weighted by Gasteiger charge is -2.21. The lowest BCUT2D eigenvalue weighted by Crippen LogP contribution is -2.36. The number of hydrogen-bond acceptors (Lipinski definition) is 4. The van der Waals surface area contributed by atoms with Crippen LogP contribution >= 0.6 is 0 Å². The van der Waals surface area contributed by atoms with Gasteiger partial charge in [0.25, 0.3) is 5.91 Å². The Bertz CT molecular complexity index is 1000. The van der Waals surface area contributed by atoms with Gasteiger partial charge in [-0.1, -0.05) is 17.3 Å². The lowest BCUT2D eigenvalue weighted by molar-refractivity contribution is -0.131. The standard InChI is InChI=1S/C21H24N4O3/c1-13-18(14(2)28-24-13)12-25-11-9-16(6-7-19(25)26)23-21(27)17-5-3-4-15-8-10-22-20(15)17/h3-5,8,10,16,22H,6-7,9,11-12H2,1-2H3,(H,23,27). The van der Waals surface area contributed by atoms with Crippen molar-refractivity contribution >= 4 is 22.7 Å². The fourth-order valence-electron chi connectivity index (χ4n) is 3.80. The molecule has 146 valence electrons. The van der Waals surface area contributed by atoms with Gasteiger partial charge >= 0.3 is 0 Å². The number of nitrogens with one attached hydrogen (secondary N) is 2. The molecule has 2 amide bonds. The van der Waals surface area contributed by atoms with Crippen LogP contribution in [0, 0.1) is 13.8 Å². The fraction of sp³-hybridized carbons (Fsp3) is 0.381. The lowest BCUT2D eigenvalue weighted by atomic mass is 10.1. The number of carbonyl (C=O) groups is 2. The molecule has 0 aliphatic carbocycles. The predicted octanol–water partition coefficient (Wildman–Crippen LogP) is 3.08. The second kappa shape index (κ2) is 7.50. The third-order valence-corrected chi connectivity index (χ3v) is 5.50. The van der Waals surface area contributed by atoms with Gasteiger partial charge in [-0.3, -0.25) is 9.59 Å². The first-order chi connectivity index (χ1) is 13.5. The van der Waals surface area contributed by atoms with E-state index < -0.39 is 0 Å². The molecule has 7 nitrogen and oxygen atoms in total. The highest BCUT2D eigenvalue weighted by atomic mass is 16.5. The Morgan fingerprint density at radius 3 is 2.96 bits per heavy atom. The van der Waals surface area contributed by atoms with Gasteiger partial charge in [0.05, 0.1) is 23.3 Å². The number of aryl methyl sites for hydroxylation is 2. The zero-order chi connectivity index (χ0) is 19.7. The maximum absolute atomic E-state index is 12.8. The average Bonchev–Trinajstić information content (AvgIpc) is 3.24. The summed E-state index contributed by atoms with van der Waals surface area (Å²) in [5, 5.41) is 8.09. The highest BCUT2D eigenvalue weighted by Gasteiger charge is 2.26. The summed E-state index contributed by atoms with van der Waals surface area (Å²) < 4.78 is 5.21. The maximum Gasteiger partial charge on any atom is 0.253 e. The number of benzene rings is 1. The van der Waals surface area contributed by atoms with Crippen LogP contribution in [-0.4, -0.2) is 39.4 Å². The third-order valence-electron chi connectivity index (χ3n) is 5.50.